The van der Waals surface area contributed by atoms with Crippen LogP contribution >= 0.6 is 0 Å². The molecule has 2 aromatic rings. The van der Waals surface area contributed by atoms with E-state index in [0.717, 1.165) is 31.7 Å². The van der Waals surface area contributed by atoms with Gasteiger partial charge in [0.25, 0.3) is 0 Å². The molecule has 0 saturated carbocycles. The van der Waals surface area contributed by atoms with Crippen molar-refractivity contribution < 1.29 is 13.2 Å². The Labute approximate surface area is 159 Å². The lowest BCUT2D eigenvalue weighted by Crippen LogP contribution is -2.40. The number of aromatic nitrogens is 3. The molecule has 2 aliphatic heterocycles. The van der Waals surface area contributed by atoms with Crippen LogP contribution in [-0.4, -0.2) is 66.9 Å². The highest BCUT2D eigenvalue weighted by atomic mass is 32.2. The summed E-state index contributed by atoms with van der Waals surface area (Å²) in [6.07, 6.45) is 7.60. The third-order valence-electron chi connectivity index (χ3n) is 5.34. The van der Waals surface area contributed by atoms with Gasteiger partial charge in [-0.3, -0.25) is 4.68 Å². The van der Waals surface area contributed by atoms with E-state index in [-0.39, 0.29) is 4.90 Å². The topological polar surface area (TPSA) is 80.6 Å². The van der Waals surface area contributed by atoms with Crippen LogP contribution in [0.4, 0.5) is 5.82 Å². The lowest BCUT2D eigenvalue weighted by Gasteiger charge is -2.32. The first-order valence-electron chi connectivity index (χ1n) is 9.31. The zero-order chi connectivity index (χ0) is 18.9. The predicted octanol–water partition coefficient (Wildman–Crippen LogP) is 1.22. The standard InChI is InChI=1S/C18H25N5O3S/c1-21-14-16(12-20-21)15-4-6-22(7-5-15)18-3-2-17(13-19-18)27(24,25)23-8-10-26-11-9-23/h2-3,12-15H,4-11H2,1H3. The molecule has 2 aliphatic rings. The van der Waals surface area contributed by atoms with Crippen LogP contribution in [0.15, 0.2) is 35.6 Å². The first-order valence-corrected chi connectivity index (χ1v) is 10.8. The van der Waals surface area contributed by atoms with Gasteiger partial charge in [-0.2, -0.15) is 9.40 Å². The summed E-state index contributed by atoms with van der Waals surface area (Å²) in [7, 11) is -1.55. The summed E-state index contributed by atoms with van der Waals surface area (Å²) in [5.74, 6) is 1.36. The summed E-state index contributed by atoms with van der Waals surface area (Å²) in [5.41, 5.74) is 1.29. The van der Waals surface area contributed by atoms with Crippen molar-refractivity contribution in [3.8, 4) is 0 Å². The largest absolute Gasteiger partial charge is 0.379 e. The first-order chi connectivity index (χ1) is 13.0. The third-order valence-corrected chi connectivity index (χ3v) is 7.23. The maximum absolute atomic E-state index is 12.7. The Morgan fingerprint density at radius 3 is 2.41 bits per heavy atom. The fraction of sp³-hybridized carbons (Fsp3) is 0.556. The van der Waals surface area contributed by atoms with Gasteiger partial charge < -0.3 is 9.64 Å². The monoisotopic (exact) mass is 391 g/mol. The number of anilines is 1. The van der Waals surface area contributed by atoms with E-state index in [9.17, 15) is 8.42 Å². The van der Waals surface area contributed by atoms with E-state index in [0.29, 0.717) is 32.2 Å². The number of hydrogen-bond donors (Lipinski definition) is 0. The average Bonchev–Trinajstić information content (AvgIpc) is 3.15. The predicted molar refractivity (Wildman–Crippen MR) is 101 cm³/mol. The van der Waals surface area contributed by atoms with Gasteiger partial charge >= 0.3 is 0 Å². The van der Waals surface area contributed by atoms with Crippen molar-refractivity contribution in [2.75, 3.05) is 44.3 Å². The van der Waals surface area contributed by atoms with Gasteiger partial charge in [0, 0.05) is 45.6 Å². The highest BCUT2D eigenvalue weighted by Crippen LogP contribution is 2.30. The second kappa shape index (κ2) is 7.57. The Bertz CT molecular complexity index is 867. The summed E-state index contributed by atoms with van der Waals surface area (Å²) in [6.45, 7) is 3.48. The number of ether oxygens (including phenoxy) is 1. The quantitative estimate of drug-likeness (QED) is 0.780. The number of aryl methyl sites for hydroxylation is 1. The van der Waals surface area contributed by atoms with Crippen LogP contribution in [0.25, 0.3) is 0 Å². The van der Waals surface area contributed by atoms with Gasteiger partial charge in [-0.05, 0) is 36.5 Å². The number of hydrogen-bond acceptors (Lipinski definition) is 6. The van der Waals surface area contributed by atoms with Crippen molar-refractivity contribution in [1.29, 1.82) is 0 Å². The van der Waals surface area contributed by atoms with Crippen LogP contribution in [0.5, 0.6) is 0 Å². The Morgan fingerprint density at radius 1 is 1.07 bits per heavy atom. The third kappa shape index (κ3) is 3.85. The second-order valence-electron chi connectivity index (χ2n) is 7.08. The summed E-state index contributed by atoms with van der Waals surface area (Å²) < 4.78 is 33.9. The molecule has 0 amide bonds. The molecular weight excluding hydrogens is 366 g/mol. The van der Waals surface area contributed by atoms with E-state index < -0.39 is 10.0 Å². The molecule has 0 aromatic carbocycles. The lowest BCUT2D eigenvalue weighted by molar-refractivity contribution is 0.0730. The van der Waals surface area contributed by atoms with E-state index in [4.69, 9.17) is 4.74 Å². The van der Waals surface area contributed by atoms with Crippen LogP contribution in [0.3, 0.4) is 0 Å². The fourth-order valence-corrected chi connectivity index (χ4v) is 5.09. The highest BCUT2D eigenvalue weighted by Gasteiger charge is 2.27. The molecule has 0 radical (unpaired) electrons. The van der Waals surface area contributed by atoms with Crippen molar-refractivity contribution in [1.82, 2.24) is 19.1 Å². The molecule has 4 heterocycles. The number of sulfonamides is 1. The van der Waals surface area contributed by atoms with Gasteiger partial charge in [0.2, 0.25) is 10.0 Å². The molecule has 27 heavy (non-hydrogen) atoms. The molecule has 0 atom stereocenters. The molecule has 0 unspecified atom stereocenters. The van der Waals surface area contributed by atoms with Crippen LogP contribution < -0.4 is 4.90 Å². The molecule has 4 rings (SSSR count). The number of piperidine rings is 1. The molecule has 0 spiro atoms. The molecular formula is C18H25N5O3S. The minimum Gasteiger partial charge on any atom is -0.379 e. The maximum Gasteiger partial charge on any atom is 0.244 e. The van der Waals surface area contributed by atoms with Gasteiger partial charge in [0.15, 0.2) is 0 Å². The summed E-state index contributed by atoms with van der Waals surface area (Å²) >= 11 is 0. The number of nitrogens with zero attached hydrogens (tertiary/aromatic N) is 5. The average molecular weight is 391 g/mol. The fourth-order valence-electron chi connectivity index (χ4n) is 3.74. The Balaban J connectivity index is 1.41. The molecule has 9 heteroatoms. The van der Waals surface area contributed by atoms with Crippen molar-refractivity contribution in [3.63, 3.8) is 0 Å². The van der Waals surface area contributed by atoms with E-state index in [1.807, 2.05) is 24.0 Å². The Kier molecular flexibility index (Phi) is 5.16. The van der Waals surface area contributed by atoms with Crippen LogP contribution in [-0.2, 0) is 21.8 Å². The summed E-state index contributed by atoms with van der Waals surface area (Å²) in [5, 5.41) is 4.26. The van der Waals surface area contributed by atoms with Gasteiger partial charge in [0.1, 0.15) is 10.7 Å². The van der Waals surface area contributed by atoms with E-state index >= 15 is 0 Å². The molecule has 2 aromatic heterocycles. The SMILES string of the molecule is Cn1cc(C2CCN(c3ccc(S(=O)(=O)N4CCOCC4)cn3)CC2)cn1. The first kappa shape index (κ1) is 18.4. The number of morpholine rings is 1. The van der Waals surface area contributed by atoms with Crippen LogP contribution in [0, 0.1) is 0 Å². The molecule has 0 aliphatic carbocycles. The minimum absolute atomic E-state index is 0.249. The summed E-state index contributed by atoms with van der Waals surface area (Å²) in [6, 6.07) is 3.48. The maximum atomic E-state index is 12.7. The van der Waals surface area contributed by atoms with Crippen molar-refractivity contribution in [3.05, 3.63) is 36.3 Å². The van der Waals surface area contributed by atoms with Gasteiger partial charge in [-0.15, -0.1) is 0 Å². The van der Waals surface area contributed by atoms with Crippen molar-refractivity contribution in [2.45, 2.75) is 23.7 Å². The smallest absolute Gasteiger partial charge is 0.244 e. The van der Waals surface area contributed by atoms with Crippen molar-refractivity contribution in [2.24, 2.45) is 7.05 Å². The van der Waals surface area contributed by atoms with Crippen LogP contribution in [0.1, 0.15) is 24.3 Å². The van der Waals surface area contributed by atoms with E-state index in [1.54, 1.807) is 6.07 Å². The number of pyridine rings is 1. The van der Waals surface area contributed by atoms with Gasteiger partial charge in [-0.25, -0.2) is 13.4 Å². The highest BCUT2D eigenvalue weighted by molar-refractivity contribution is 7.89. The molecule has 8 nitrogen and oxygen atoms in total. The molecule has 2 fully saturated rings. The Hall–Kier alpha value is -1.97. The second-order valence-corrected chi connectivity index (χ2v) is 9.02. The van der Waals surface area contributed by atoms with Gasteiger partial charge in [-0.1, -0.05) is 0 Å². The lowest BCUT2D eigenvalue weighted by atomic mass is 9.91. The number of rotatable bonds is 4. The normalized spacial score (nSPS) is 20.1. The zero-order valence-electron chi connectivity index (χ0n) is 15.5. The molecule has 2 saturated heterocycles. The van der Waals surface area contributed by atoms with Crippen molar-refractivity contribution >= 4 is 15.8 Å². The summed E-state index contributed by atoms with van der Waals surface area (Å²) in [4.78, 5) is 6.91. The zero-order valence-corrected chi connectivity index (χ0v) is 16.3. The van der Waals surface area contributed by atoms with Crippen LogP contribution in [0.2, 0.25) is 0 Å². The Morgan fingerprint density at radius 2 is 1.81 bits per heavy atom. The minimum atomic E-state index is -3.49. The van der Waals surface area contributed by atoms with Gasteiger partial charge in [0.05, 0.1) is 19.4 Å². The van der Waals surface area contributed by atoms with E-state index in [1.165, 1.54) is 16.1 Å². The van der Waals surface area contributed by atoms with E-state index in [2.05, 4.69) is 21.2 Å². The molecule has 0 N–H and O–H groups in total. The molecule has 146 valence electrons. The molecule has 0 bridgehead atoms.